The zero-order chi connectivity index (χ0) is 14.1. The monoisotopic (exact) mass is 266 g/mol. The fourth-order valence-corrected chi connectivity index (χ4v) is 2.13. The van der Waals surface area contributed by atoms with Crippen LogP contribution in [0.4, 0.5) is 11.5 Å². The molecule has 0 aliphatic heterocycles. The average Bonchev–Trinajstić information content (AvgIpc) is 2.82. The molecule has 0 radical (unpaired) electrons. The van der Waals surface area contributed by atoms with Crippen LogP contribution in [0.2, 0.25) is 0 Å². The van der Waals surface area contributed by atoms with Crippen LogP contribution in [0.1, 0.15) is 17.3 Å². The van der Waals surface area contributed by atoms with Crippen LogP contribution in [0.15, 0.2) is 42.9 Å². The van der Waals surface area contributed by atoms with Gasteiger partial charge in [-0.15, -0.1) is 0 Å². The molecular formula is C15H14N4O. The van der Waals surface area contributed by atoms with E-state index >= 15 is 0 Å². The molecule has 2 aromatic heterocycles. The second-order valence-corrected chi connectivity index (χ2v) is 4.65. The van der Waals surface area contributed by atoms with Gasteiger partial charge in [-0.05, 0) is 25.1 Å². The molecule has 3 rings (SSSR count). The first kappa shape index (κ1) is 12.3. The van der Waals surface area contributed by atoms with Gasteiger partial charge in [-0.3, -0.25) is 4.79 Å². The number of benzene rings is 1. The number of carbonyl (C=O) groups excluding carboxylic acids is 1. The molecule has 0 atom stereocenters. The van der Waals surface area contributed by atoms with E-state index < -0.39 is 0 Å². The SMILES string of the molecule is CC(=O)c1cccc(Nc2ncnc3c2ccn3C)c1. The summed E-state index contributed by atoms with van der Waals surface area (Å²) >= 11 is 0. The van der Waals surface area contributed by atoms with E-state index in [-0.39, 0.29) is 5.78 Å². The minimum absolute atomic E-state index is 0.0428. The highest BCUT2D eigenvalue weighted by molar-refractivity contribution is 5.95. The Morgan fingerprint density at radius 3 is 2.90 bits per heavy atom. The molecule has 0 amide bonds. The van der Waals surface area contributed by atoms with E-state index in [0.29, 0.717) is 5.56 Å². The fourth-order valence-electron chi connectivity index (χ4n) is 2.13. The van der Waals surface area contributed by atoms with Crippen molar-refractivity contribution in [2.75, 3.05) is 5.32 Å². The number of hydrogen-bond acceptors (Lipinski definition) is 4. The zero-order valence-corrected chi connectivity index (χ0v) is 11.3. The summed E-state index contributed by atoms with van der Waals surface area (Å²) < 4.78 is 1.94. The minimum atomic E-state index is 0.0428. The molecule has 100 valence electrons. The van der Waals surface area contributed by atoms with Gasteiger partial charge in [0.2, 0.25) is 0 Å². The van der Waals surface area contributed by atoms with Crippen molar-refractivity contribution in [2.45, 2.75) is 6.92 Å². The number of ketones is 1. The predicted molar refractivity (Wildman–Crippen MR) is 78.2 cm³/mol. The Kier molecular flexibility index (Phi) is 2.95. The number of aryl methyl sites for hydroxylation is 1. The van der Waals surface area contributed by atoms with E-state index in [0.717, 1.165) is 22.5 Å². The summed E-state index contributed by atoms with van der Waals surface area (Å²) in [6.07, 6.45) is 3.47. The Balaban J connectivity index is 2.01. The summed E-state index contributed by atoms with van der Waals surface area (Å²) in [6.45, 7) is 1.55. The molecule has 0 spiro atoms. The van der Waals surface area contributed by atoms with Gasteiger partial charge in [0, 0.05) is 24.5 Å². The summed E-state index contributed by atoms with van der Waals surface area (Å²) in [5, 5.41) is 4.19. The summed E-state index contributed by atoms with van der Waals surface area (Å²) in [5.41, 5.74) is 2.38. The van der Waals surface area contributed by atoms with E-state index in [1.54, 1.807) is 13.0 Å². The Labute approximate surface area is 116 Å². The van der Waals surface area contributed by atoms with Crippen molar-refractivity contribution in [2.24, 2.45) is 7.05 Å². The first-order valence-corrected chi connectivity index (χ1v) is 6.29. The van der Waals surface area contributed by atoms with E-state index in [9.17, 15) is 4.79 Å². The number of anilines is 2. The van der Waals surface area contributed by atoms with Crippen molar-refractivity contribution >= 4 is 28.3 Å². The van der Waals surface area contributed by atoms with Crippen molar-refractivity contribution in [3.8, 4) is 0 Å². The third-order valence-corrected chi connectivity index (χ3v) is 3.19. The lowest BCUT2D eigenvalue weighted by molar-refractivity contribution is 0.101. The summed E-state index contributed by atoms with van der Waals surface area (Å²) in [5.74, 6) is 0.775. The number of fused-ring (bicyclic) bond motifs is 1. The van der Waals surface area contributed by atoms with E-state index in [1.807, 2.05) is 42.1 Å². The normalized spacial score (nSPS) is 10.7. The first-order valence-electron chi connectivity index (χ1n) is 6.29. The molecule has 3 aromatic rings. The summed E-state index contributed by atoms with van der Waals surface area (Å²) in [4.78, 5) is 19.9. The molecule has 5 nitrogen and oxygen atoms in total. The third-order valence-electron chi connectivity index (χ3n) is 3.19. The van der Waals surface area contributed by atoms with Gasteiger partial charge in [0.15, 0.2) is 5.78 Å². The van der Waals surface area contributed by atoms with E-state index in [1.165, 1.54) is 6.33 Å². The Morgan fingerprint density at radius 1 is 1.25 bits per heavy atom. The third kappa shape index (κ3) is 2.14. The molecule has 0 bridgehead atoms. The number of Topliss-reactive ketones (excluding diaryl/α,β-unsaturated/α-hetero) is 1. The molecule has 5 heteroatoms. The van der Waals surface area contributed by atoms with Crippen LogP contribution >= 0.6 is 0 Å². The topological polar surface area (TPSA) is 59.8 Å². The molecule has 0 fully saturated rings. The van der Waals surface area contributed by atoms with Crippen molar-refractivity contribution in [1.82, 2.24) is 14.5 Å². The average molecular weight is 266 g/mol. The van der Waals surface area contributed by atoms with Crippen LogP contribution < -0.4 is 5.32 Å². The predicted octanol–water partition coefficient (Wildman–Crippen LogP) is 2.91. The van der Waals surface area contributed by atoms with Gasteiger partial charge in [0.25, 0.3) is 0 Å². The number of carbonyl (C=O) groups is 1. The second-order valence-electron chi connectivity index (χ2n) is 4.65. The number of rotatable bonds is 3. The number of hydrogen-bond donors (Lipinski definition) is 1. The van der Waals surface area contributed by atoms with Crippen LogP contribution in [-0.2, 0) is 7.05 Å². The van der Waals surface area contributed by atoms with Crippen molar-refractivity contribution in [1.29, 1.82) is 0 Å². The van der Waals surface area contributed by atoms with Gasteiger partial charge in [-0.1, -0.05) is 12.1 Å². The van der Waals surface area contributed by atoms with E-state index in [2.05, 4.69) is 15.3 Å². The van der Waals surface area contributed by atoms with Crippen LogP contribution in [0.5, 0.6) is 0 Å². The molecule has 0 unspecified atom stereocenters. The highest BCUT2D eigenvalue weighted by Gasteiger charge is 2.07. The molecule has 0 saturated carbocycles. The Bertz CT molecular complexity index is 791. The lowest BCUT2D eigenvalue weighted by Crippen LogP contribution is -1.98. The Morgan fingerprint density at radius 2 is 2.10 bits per heavy atom. The molecule has 2 heterocycles. The first-order chi connectivity index (χ1) is 9.65. The van der Waals surface area contributed by atoms with Crippen LogP contribution in [0.25, 0.3) is 11.0 Å². The lowest BCUT2D eigenvalue weighted by atomic mass is 10.1. The molecule has 1 aromatic carbocycles. The quantitative estimate of drug-likeness (QED) is 0.740. The van der Waals surface area contributed by atoms with Gasteiger partial charge in [0.1, 0.15) is 17.8 Å². The highest BCUT2D eigenvalue weighted by Crippen LogP contribution is 2.23. The molecule has 0 aliphatic rings. The lowest BCUT2D eigenvalue weighted by Gasteiger charge is -2.07. The molecule has 0 saturated heterocycles. The van der Waals surface area contributed by atoms with Crippen molar-refractivity contribution < 1.29 is 4.79 Å². The highest BCUT2D eigenvalue weighted by atomic mass is 16.1. The van der Waals surface area contributed by atoms with Gasteiger partial charge in [-0.2, -0.15) is 0 Å². The summed E-state index contributed by atoms with van der Waals surface area (Å²) in [7, 11) is 1.94. The van der Waals surface area contributed by atoms with Crippen molar-refractivity contribution in [3.05, 3.63) is 48.4 Å². The van der Waals surface area contributed by atoms with Crippen molar-refractivity contribution in [3.63, 3.8) is 0 Å². The number of nitrogens with one attached hydrogen (secondary N) is 1. The maximum absolute atomic E-state index is 11.4. The number of nitrogens with zero attached hydrogens (tertiary/aromatic N) is 3. The van der Waals surface area contributed by atoms with Gasteiger partial charge < -0.3 is 9.88 Å². The smallest absolute Gasteiger partial charge is 0.159 e. The van der Waals surface area contributed by atoms with Gasteiger partial charge in [-0.25, -0.2) is 9.97 Å². The summed E-state index contributed by atoms with van der Waals surface area (Å²) in [6, 6.07) is 9.34. The standard InChI is InChI=1S/C15H14N4O/c1-10(20)11-4-3-5-12(8-11)18-14-13-6-7-19(2)15(13)17-9-16-14/h3-9H,1-2H3,(H,16,17,18). The second kappa shape index (κ2) is 4.77. The minimum Gasteiger partial charge on any atom is -0.340 e. The molecule has 20 heavy (non-hydrogen) atoms. The largest absolute Gasteiger partial charge is 0.340 e. The van der Waals surface area contributed by atoms with Crippen LogP contribution in [0.3, 0.4) is 0 Å². The van der Waals surface area contributed by atoms with E-state index in [4.69, 9.17) is 0 Å². The van der Waals surface area contributed by atoms with Crippen LogP contribution in [0, 0.1) is 0 Å². The maximum atomic E-state index is 11.4. The van der Waals surface area contributed by atoms with Crippen LogP contribution in [-0.4, -0.2) is 20.3 Å². The Hall–Kier alpha value is -2.69. The van der Waals surface area contributed by atoms with Gasteiger partial charge in [0.05, 0.1) is 5.39 Å². The number of aromatic nitrogens is 3. The fraction of sp³-hybridized carbons (Fsp3) is 0.133. The molecule has 0 aliphatic carbocycles. The van der Waals surface area contributed by atoms with Gasteiger partial charge >= 0.3 is 0 Å². The molecular weight excluding hydrogens is 252 g/mol. The molecule has 1 N–H and O–H groups in total. The maximum Gasteiger partial charge on any atom is 0.159 e. The zero-order valence-electron chi connectivity index (χ0n) is 11.3.